The van der Waals surface area contributed by atoms with Gasteiger partial charge in [0.1, 0.15) is 5.82 Å². The second kappa shape index (κ2) is 5.93. The number of H-pyrrole nitrogens is 1. The average molecular weight is 316 g/mol. The number of aromatic nitrogens is 4. The number of imidazole rings is 1. The first-order valence-corrected chi connectivity index (χ1v) is 7.59. The number of anilines is 1. The van der Waals surface area contributed by atoms with E-state index in [1.165, 1.54) is 0 Å². The third-order valence-electron chi connectivity index (χ3n) is 3.53. The molecule has 3 rings (SSSR count). The molecule has 0 bridgehead atoms. The lowest BCUT2D eigenvalue weighted by Gasteiger charge is -2.16. The minimum absolute atomic E-state index is 0.381. The Bertz CT molecular complexity index is 779. The first-order valence-electron chi connectivity index (χ1n) is 7.22. The minimum Gasteiger partial charge on any atom is -0.351 e. The molecule has 114 valence electrons. The number of rotatable bonds is 4. The molecule has 0 spiro atoms. The molecule has 0 aliphatic heterocycles. The highest BCUT2D eigenvalue weighted by molar-refractivity contribution is 6.31. The maximum atomic E-state index is 5.99. The zero-order valence-electron chi connectivity index (χ0n) is 12.8. The number of benzene rings is 1. The second-order valence-electron chi connectivity index (χ2n) is 5.67. The van der Waals surface area contributed by atoms with Crippen LogP contribution in [0, 0.1) is 0 Å². The SMILES string of the molecule is CC(C)c1ccc(N(C)Cc2nc3ccc(Cl)cc3[nH]2)nn1. The predicted octanol–water partition coefficient (Wildman–Crippen LogP) is 3.77. The highest BCUT2D eigenvalue weighted by Crippen LogP contribution is 2.19. The van der Waals surface area contributed by atoms with Crippen LogP contribution >= 0.6 is 11.6 Å². The standard InChI is InChI=1S/C16H18ClN5/c1-10(2)12-6-7-16(21-20-12)22(3)9-15-18-13-5-4-11(17)8-14(13)19-15/h4-8,10H,9H2,1-3H3,(H,18,19). The molecule has 22 heavy (non-hydrogen) atoms. The number of aromatic amines is 1. The van der Waals surface area contributed by atoms with Crippen LogP contribution in [-0.4, -0.2) is 27.2 Å². The largest absolute Gasteiger partial charge is 0.351 e. The van der Waals surface area contributed by atoms with Crippen LogP contribution < -0.4 is 4.90 Å². The van der Waals surface area contributed by atoms with Crippen molar-refractivity contribution in [3.8, 4) is 0 Å². The van der Waals surface area contributed by atoms with Gasteiger partial charge in [-0.1, -0.05) is 25.4 Å². The van der Waals surface area contributed by atoms with E-state index in [4.69, 9.17) is 11.6 Å². The molecule has 1 N–H and O–H groups in total. The second-order valence-corrected chi connectivity index (χ2v) is 6.11. The summed E-state index contributed by atoms with van der Waals surface area (Å²) in [6.07, 6.45) is 0. The monoisotopic (exact) mass is 315 g/mol. The number of halogens is 1. The topological polar surface area (TPSA) is 57.7 Å². The van der Waals surface area contributed by atoms with Crippen LogP contribution in [0.15, 0.2) is 30.3 Å². The van der Waals surface area contributed by atoms with Gasteiger partial charge in [-0.2, -0.15) is 5.10 Å². The van der Waals surface area contributed by atoms with Gasteiger partial charge in [-0.3, -0.25) is 0 Å². The molecule has 0 amide bonds. The van der Waals surface area contributed by atoms with Crippen molar-refractivity contribution in [1.82, 2.24) is 20.2 Å². The Labute approximate surface area is 134 Å². The Morgan fingerprint density at radius 1 is 1.18 bits per heavy atom. The molecular formula is C16H18ClN5. The van der Waals surface area contributed by atoms with Crippen molar-refractivity contribution in [2.75, 3.05) is 11.9 Å². The van der Waals surface area contributed by atoms with E-state index >= 15 is 0 Å². The Hall–Kier alpha value is -2.14. The fourth-order valence-electron chi connectivity index (χ4n) is 2.26. The van der Waals surface area contributed by atoms with Crippen molar-refractivity contribution in [2.45, 2.75) is 26.3 Å². The average Bonchev–Trinajstić information content (AvgIpc) is 2.88. The molecule has 5 nitrogen and oxygen atoms in total. The van der Waals surface area contributed by atoms with Crippen LogP contribution in [0.4, 0.5) is 5.82 Å². The molecule has 3 aromatic rings. The lowest BCUT2D eigenvalue weighted by molar-refractivity contribution is 0.766. The Balaban J connectivity index is 1.78. The number of hydrogen-bond acceptors (Lipinski definition) is 4. The number of fused-ring (bicyclic) bond motifs is 1. The maximum absolute atomic E-state index is 5.99. The van der Waals surface area contributed by atoms with E-state index in [2.05, 4.69) is 34.0 Å². The molecule has 0 atom stereocenters. The van der Waals surface area contributed by atoms with E-state index in [9.17, 15) is 0 Å². The summed E-state index contributed by atoms with van der Waals surface area (Å²) >= 11 is 5.99. The first kappa shape index (κ1) is 14.8. The lowest BCUT2D eigenvalue weighted by atomic mass is 10.1. The minimum atomic E-state index is 0.381. The number of nitrogens with one attached hydrogen (secondary N) is 1. The van der Waals surface area contributed by atoms with Gasteiger partial charge in [0.05, 0.1) is 23.3 Å². The zero-order valence-corrected chi connectivity index (χ0v) is 13.6. The highest BCUT2D eigenvalue weighted by Gasteiger charge is 2.09. The maximum Gasteiger partial charge on any atom is 0.151 e. The molecule has 2 heterocycles. The van der Waals surface area contributed by atoms with Crippen molar-refractivity contribution in [3.63, 3.8) is 0 Å². The van der Waals surface area contributed by atoms with Gasteiger partial charge >= 0.3 is 0 Å². The van der Waals surface area contributed by atoms with E-state index in [0.717, 1.165) is 28.4 Å². The van der Waals surface area contributed by atoms with Crippen molar-refractivity contribution in [2.24, 2.45) is 0 Å². The quantitative estimate of drug-likeness (QED) is 0.796. The van der Waals surface area contributed by atoms with Crippen LogP contribution in [0.25, 0.3) is 11.0 Å². The van der Waals surface area contributed by atoms with Crippen LogP contribution in [-0.2, 0) is 6.54 Å². The highest BCUT2D eigenvalue weighted by atomic mass is 35.5. The Kier molecular flexibility index (Phi) is 3.98. The Morgan fingerprint density at radius 2 is 2.00 bits per heavy atom. The lowest BCUT2D eigenvalue weighted by Crippen LogP contribution is -2.19. The summed E-state index contributed by atoms with van der Waals surface area (Å²) in [4.78, 5) is 9.85. The van der Waals surface area contributed by atoms with Crippen molar-refractivity contribution in [3.05, 3.63) is 46.9 Å². The molecular weight excluding hydrogens is 298 g/mol. The molecule has 0 fully saturated rings. The van der Waals surface area contributed by atoms with Crippen LogP contribution in [0.2, 0.25) is 5.02 Å². The first-order chi connectivity index (χ1) is 10.5. The molecule has 0 aliphatic carbocycles. The van der Waals surface area contributed by atoms with E-state index in [0.29, 0.717) is 17.5 Å². The number of nitrogens with zero attached hydrogens (tertiary/aromatic N) is 4. The molecule has 0 aliphatic rings. The smallest absolute Gasteiger partial charge is 0.151 e. The summed E-state index contributed by atoms with van der Waals surface area (Å²) < 4.78 is 0. The van der Waals surface area contributed by atoms with Gasteiger partial charge in [-0.25, -0.2) is 4.98 Å². The van der Waals surface area contributed by atoms with Crippen LogP contribution in [0.3, 0.4) is 0 Å². The fourth-order valence-corrected chi connectivity index (χ4v) is 2.43. The zero-order chi connectivity index (χ0) is 15.7. The number of hydrogen-bond donors (Lipinski definition) is 1. The van der Waals surface area contributed by atoms with Gasteiger partial charge in [0.15, 0.2) is 5.82 Å². The van der Waals surface area contributed by atoms with Gasteiger partial charge < -0.3 is 9.88 Å². The molecule has 6 heteroatoms. The third-order valence-corrected chi connectivity index (χ3v) is 3.77. The Morgan fingerprint density at radius 3 is 2.68 bits per heavy atom. The molecule has 1 aromatic carbocycles. The molecule has 0 radical (unpaired) electrons. The molecule has 0 saturated carbocycles. The van der Waals surface area contributed by atoms with Gasteiger partial charge in [-0.15, -0.1) is 5.10 Å². The summed E-state index contributed by atoms with van der Waals surface area (Å²) in [5.41, 5.74) is 2.85. The molecule has 0 unspecified atom stereocenters. The normalized spacial score (nSPS) is 11.3. The third kappa shape index (κ3) is 3.04. The van der Waals surface area contributed by atoms with E-state index in [-0.39, 0.29) is 0 Å². The van der Waals surface area contributed by atoms with E-state index in [1.807, 2.05) is 42.3 Å². The summed E-state index contributed by atoms with van der Waals surface area (Å²) in [6.45, 7) is 4.84. The van der Waals surface area contributed by atoms with Crippen molar-refractivity contribution >= 4 is 28.5 Å². The van der Waals surface area contributed by atoms with E-state index < -0.39 is 0 Å². The van der Waals surface area contributed by atoms with Crippen molar-refractivity contribution < 1.29 is 0 Å². The summed E-state index contributed by atoms with van der Waals surface area (Å²) in [6, 6.07) is 9.64. The molecule has 2 aromatic heterocycles. The van der Waals surface area contributed by atoms with Crippen molar-refractivity contribution in [1.29, 1.82) is 0 Å². The fraction of sp³-hybridized carbons (Fsp3) is 0.312. The molecule has 0 saturated heterocycles. The van der Waals surface area contributed by atoms with E-state index in [1.54, 1.807) is 0 Å². The van der Waals surface area contributed by atoms with Gasteiger partial charge in [-0.05, 0) is 36.2 Å². The van der Waals surface area contributed by atoms with Gasteiger partial charge in [0, 0.05) is 12.1 Å². The van der Waals surface area contributed by atoms with Crippen LogP contribution in [0.1, 0.15) is 31.3 Å². The summed E-state index contributed by atoms with van der Waals surface area (Å²) in [7, 11) is 1.97. The van der Waals surface area contributed by atoms with Gasteiger partial charge in [0.2, 0.25) is 0 Å². The predicted molar refractivity (Wildman–Crippen MR) is 89.3 cm³/mol. The summed E-state index contributed by atoms with van der Waals surface area (Å²) in [5.74, 6) is 2.07. The van der Waals surface area contributed by atoms with Gasteiger partial charge in [0.25, 0.3) is 0 Å². The van der Waals surface area contributed by atoms with Crippen LogP contribution in [0.5, 0.6) is 0 Å². The summed E-state index contributed by atoms with van der Waals surface area (Å²) in [5, 5.41) is 9.23.